The second-order valence-corrected chi connectivity index (χ2v) is 6.16. The Morgan fingerprint density at radius 1 is 1.22 bits per heavy atom. The molecule has 0 aliphatic carbocycles. The summed E-state index contributed by atoms with van der Waals surface area (Å²) in [5, 5.41) is 3.32. The van der Waals surface area contributed by atoms with E-state index in [0.29, 0.717) is 16.1 Å². The van der Waals surface area contributed by atoms with Crippen molar-refractivity contribution in [1.29, 1.82) is 0 Å². The van der Waals surface area contributed by atoms with Gasteiger partial charge in [0.25, 0.3) is 5.91 Å². The highest BCUT2D eigenvalue weighted by molar-refractivity contribution is 9.10. The van der Waals surface area contributed by atoms with Crippen LogP contribution in [0.3, 0.4) is 0 Å². The lowest BCUT2D eigenvalue weighted by Crippen LogP contribution is -2.30. The van der Waals surface area contributed by atoms with Crippen molar-refractivity contribution in [1.82, 2.24) is 5.32 Å². The molecule has 0 saturated carbocycles. The van der Waals surface area contributed by atoms with Crippen LogP contribution >= 0.6 is 27.5 Å². The zero-order valence-electron chi connectivity index (χ0n) is 12.4. The van der Waals surface area contributed by atoms with Crippen molar-refractivity contribution in [2.45, 2.75) is 12.5 Å². The Hall–Kier alpha value is -1.85. The molecule has 0 aliphatic heterocycles. The maximum atomic E-state index is 12.4. The van der Waals surface area contributed by atoms with Gasteiger partial charge in [-0.1, -0.05) is 51.8 Å². The molecule has 1 amide bonds. The number of methoxy groups -OCH3 is 1. The molecule has 0 radical (unpaired) electrons. The van der Waals surface area contributed by atoms with Gasteiger partial charge in [0.05, 0.1) is 19.6 Å². The van der Waals surface area contributed by atoms with Crippen LogP contribution in [0.25, 0.3) is 0 Å². The zero-order chi connectivity index (χ0) is 16.8. The third-order valence-corrected chi connectivity index (χ3v) is 4.11. The number of ether oxygens (including phenoxy) is 1. The van der Waals surface area contributed by atoms with Crippen LogP contribution in [0, 0.1) is 0 Å². The first kappa shape index (κ1) is 17.5. The van der Waals surface area contributed by atoms with Crippen LogP contribution in [-0.4, -0.2) is 19.0 Å². The maximum absolute atomic E-state index is 12.4. The lowest BCUT2D eigenvalue weighted by molar-refractivity contribution is -0.141. The predicted molar refractivity (Wildman–Crippen MR) is 92.4 cm³/mol. The Balaban J connectivity index is 2.26. The average molecular weight is 397 g/mol. The standard InChI is InChI=1S/C17H15BrClNO3/c1-23-16(21)10-15(13-7-2-3-8-14(13)19)20-17(22)11-5-4-6-12(18)9-11/h2-9,15H,10H2,1H3,(H,20,22). The topological polar surface area (TPSA) is 55.4 Å². The van der Waals surface area contributed by atoms with Gasteiger partial charge < -0.3 is 10.1 Å². The number of halogens is 2. The summed E-state index contributed by atoms with van der Waals surface area (Å²) in [6.07, 6.45) is -0.0000233. The molecule has 4 nitrogen and oxygen atoms in total. The molecule has 6 heteroatoms. The number of carbonyl (C=O) groups excluding carboxylic acids is 2. The number of amides is 1. The fraction of sp³-hybridized carbons (Fsp3) is 0.176. The molecule has 120 valence electrons. The number of hydrogen-bond donors (Lipinski definition) is 1. The van der Waals surface area contributed by atoms with Crippen molar-refractivity contribution in [3.05, 3.63) is 69.2 Å². The van der Waals surface area contributed by atoms with Crippen molar-refractivity contribution >= 4 is 39.4 Å². The van der Waals surface area contributed by atoms with Crippen LogP contribution in [0.15, 0.2) is 53.0 Å². The molecular formula is C17H15BrClNO3. The SMILES string of the molecule is COC(=O)CC(NC(=O)c1cccc(Br)c1)c1ccccc1Cl. The number of carbonyl (C=O) groups is 2. The molecule has 0 fully saturated rings. The van der Waals surface area contributed by atoms with Gasteiger partial charge in [-0.15, -0.1) is 0 Å². The molecule has 2 rings (SSSR count). The van der Waals surface area contributed by atoms with E-state index in [1.54, 1.807) is 42.5 Å². The quantitative estimate of drug-likeness (QED) is 0.773. The third-order valence-electron chi connectivity index (χ3n) is 3.27. The van der Waals surface area contributed by atoms with E-state index in [-0.39, 0.29) is 12.3 Å². The minimum Gasteiger partial charge on any atom is -0.469 e. The van der Waals surface area contributed by atoms with Gasteiger partial charge in [-0.05, 0) is 29.8 Å². The Morgan fingerprint density at radius 3 is 2.61 bits per heavy atom. The second kappa shape index (κ2) is 8.13. The van der Waals surface area contributed by atoms with E-state index in [4.69, 9.17) is 16.3 Å². The van der Waals surface area contributed by atoms with E-state index in [0.717, 1.165) is 4.47 Å². The number of hydrogen-bond acceptors (Lipinski definition) is 3. The number of nitrogens with one attached hydrogen (secondary N) is 1. The molecule has 0 bridgehead atoms. The van der Waals surface area contributed by atoms with Crippen LogP contribution in [0.1, 0.15) is 28.4 Å². The third kappa shape index (κ3) is 4.81. The van der Waals surface area contributed by atoms with E-state index in [1.165, 1.54) is 7.11 Å². The van der Waals surface area contributed by atoms with Crippen LogP contribution in [0.2, 0.25) is 5.02 Å². The lowest BCUT2D eigenvalue weighted by atomic mass is 10.0. The van der Waals surface area contributed by atoms with Crippen LogP contribution in [-0.2, 0) is 9.53 Å². The largest absolute Gasteiger partial charge is 0.469 e. The predicted octanol–water partition coefficient (Wildman–Crippen LogP) is 4.14. The van der Waals surface area contributed by atoms with E-state index >= 15 is 0 Å². The number of esters is 1. The summed E-state index contributed by atoms with van der Waals surface area (Å²) in [6, 6.07) is 13.5. The van der Waals surface area contributed by atoms with Crippen molar-refractivity contribution in [3.63, 3.8) is 0 Å². The van der Waals surface area contributed by atoms with Gasteiger partial charge >= 0.3 is 5.97 Å². The van der Waals surface area contributed by atoms with Gasteiger partial charge in [0.2, 0.25) is 0 Å². The molecule has 2 aromatic carbocycles. The minimum atomic E-state index is -0.567. The maximum Gasteiger partial charge on any atom is 0.307 e. The lowest BCUT2D eigenvalue weighted by Gasteiger charge is -2.19. The molecule has 0 aliphatic rings. The Bertz CT molecular complexity index is 720. The summed E-state index contributed by atoms with van der Waals surface area (Å²) in [6.45, 7) is 0. The van der Waals surface area contributed by atoms with Gasteiger partial charge in [-0.2, -0.15) is 0 Å². The molecule has 0 heterocycles. The van der Waals surface area contributed by atoms with Gasteiger partial charge in [-0.3, -0.25) is 9.59 Å². The van der Waals surface area contributed by atoms with Crippen LogP contribution in [0.4, 0.5) is 0 Å². The molecule has 1 unspecified atom stereocenters. The highest BCUT2D eigenvalue weighted by Crippen LogP contribution is 2.26. The average Bonchev–Trinajstić information content (AvgIpc) is 2.54. The molecule has 23 heavy (non-hydrogen) atoms. The van der Waals surface area contributed by atoms with Gasteiger partial charge in [0.15, 0.2) is 0 Å². The molecule has 0 aromatic heterocycles. The fourth-order valence-corrected chi connectivity index (χ4v) is 2.78. The van der Waals surface area contributed by atoms with Gasteiger partial charge in [-0.25, -0.2) is 0 Å². The fourth-order valence-electron chi connectivity index (χ4n) is 2.12. The first-order valence-corrected chi connectivity index (χ1v) is 8.06. The summed E-state index contributed by atoms with van der Waals surface area (Å²) >= 11 is 9.52. The normalized spacial score (nSPS) is 11.6. The van der Waals surface area contributed by atoms with Gasteiger partial charge in [0, 0.05) is 15.1 Å². The van der Waals surface area contributed by atoms with Crippen LogP contribution in [0.5, 0.6) is 0 Å². The van der Waals surface area contributed by atoms with Crippen molar-refractivity contribution in [2.24, 2.45) is 0 Å². The molecular weight excluding hydrogens is 382 g/mol. The number of rotatable bonds is 5. The molecule has 0 spiro atoms. The van der Waals surface area contributed by atoms with Crippen molar-refractivity contribution in [3.8, 4) is 0 Å². The first-order chi connectivity index (χ1) is 11.0. The summed E-state index contributed by atoms with van der Waals surface area (Å²) in [5.41, 5.74) is 1.16. The summed E-state index contributed by atoms with van der Waals surface area (Å²) in [4.78, 5) is 24.1. The smallest absolute Gasteiger partial charge is 0.307 e. The zero-order valence-corrected chi connectivity index (χ0v) is 14.7. The number of benzene rings is 2. The second-order valence-electron chi connectivity index (χ2n) is 4.84. The summed E-state index contributed by atoms with van der Waals surface area (Å²) < 4.78 is 5.51. The summed E-state index contributed by atoms with van der Waals surface area (Å²) in [7, 11) is 1.31. The highest BCUT2D eigenvalue weighted by atomic mass is 79.9. The van der Waals surface area contributed by atoms with Crippen molar-refractivity contribution in [2.75, 3.05) is 7.11 Å². The van der Waals surface area contributed by atoms with E-state index in [2.05, 4.69) is 21.2 Å². The van der Waals surface area contributed by atoms with Crippen LogP contribution < -0.4 is 5.32 Å². The van der Waals surface area contributed by atoms with E-state index in [1.807, 2.05) is 6.07 Å². The van der Waals surface area contributed by atoms with E-state index in [9.17, 15) is 9.59 Å². The molecule has 1 atom stereocenters. The molecule has 2 aromatic rings. The highest BCUT2D eigenvalue weighted by Gasteiger charge is 2.21. The first-order valence-electron chi connectivity index (χ1n) is 6.89. The molecule has 0 saturated heterocycles. The molecule has 1 N–H and O–H groups in total. The monoisotopic (exact) mass is 395 g/mol. The van der Waals surface area contributed by atoms with Crippen molar-refractivity contribution < 1.29 is 14.3 Å². The summed E-state index contributed by atoms with van der Waals surface area (Å²) in [5.74, 6) is -0.718. The Morgan fingerprint density at radius 2 is 1.96 bits per heavy atom. The Labute approximate surface area is 147 Å². The minimum absolute atomic E-state index is 0.0000233. The van der Waals surface area contributed by atoms with Gasteiger partial charge in [0.1, 0.15) is 0 Å². The van der Waals surface area contributed by atoms with E-state index < -0.39 is 12.0 Å². The Kier molecular flexibility index (Phi) is 6.19.